The van der Waals surface area contributed by atoms with E-state index in [0.29, 0.717) is 0 Å². The Morgan fingerprint density at radius 1 is 0.846 bits per heavy atom. The van der Waals surface area contributed by atoms with Crippen molar-refractivity contribution in [3.8, 4) is 0 Å². The minimum absolute atomic E-state index is 2.65. The Kier molecular flexibility index (Phi) is 3.10. The summed E-state index contributed by atoms with van der Waals surface area (Å²) in [5.74, 6) is -12.1. The first-order valence-corrected chi connectivity index (χ1v) is 2.41. The molecule has 0 aliphatic rings. The topological polar surface area (TPSA) is 40.6 Å². The molecule has 76 valence electrons. The molecular formula is C3F6N2O2. The SMILES string of the molecule is O=C(N(F)F)C(F)(F)C(=O)N(F)F. The molecule has 0 aliphatic heterocycles. The van der Waals surface area contributed by atoms with Crippen LogP contribution in [0.4, 0.5) is 26.7 Å². The van der Waals surface area contributed by atoms with E-state index in [2.05, 4.69) is 0 Å². The predicted molar refractivity (Wildman–Crippen MR) is 23.1 cm³/mol. The molecule has 4 nitrogen and oxygen atoms in total. The quantitative estimate of drug-likeness (QED) is 0.384. The van der Waals surface area contributed by atoms with Gasteiger partial charge in [-0.1, -0.05) is 17.9 Å². The largest absolute Gasteiger partial charge is 0.411 e. The Morgan fingerprint density at radius 2 is 1.08 bits per heavy atom. The average molecular weight is 210 g/mol. The van der Waals surface area contributed by atoms with Gasteiger partial charge in [-0.3, -0.25) is 9.59 Å². The van der Waals surface area contributed by atoms with E-state index in [9.17, 15) is 36.3 Å². The molecule has 0 aliphatic carbocycles. The molecule has 0 radical (unpaired) electrons. The molecule has 13 heavy (non-hydrogen) atoms. The number of hydrogen-bond acceptors (Lipinski definition) is 2. The second-order valence-corrected chi connectivity index (χ2v) is 1.65. The fraction of sp³-hybridized carbons (Fsp3) is 0.333. The van der Waals surface area contributed by atoms with Crippen molar-refractivity contribution in [1.29, 1.82) is 0 Å². The van der Waals surface area contributed by atoms with E-state index in [-0.39, 0.29) is 0 Å². The molecule has 10 heteroatoms. The Hall–Kier alpha value is -1.48. The molecule has 0 N–H and O–H groups in total. The number of rotatable bonds is 2. The summed E-state index contributed by atoms with van der Waals surface area (Å²) in [4.78, 5) is 19.5. The van der Waals surface area contributed by atoms with Gasteiger partial charge in [0.1, 0.15) is 0 Å². The van der Waals surface area contributed by atoms with E-state index in [0.717, 1.165) is 0 Å². The van der Waals surface area contributed by atoms with Gasteiger partial charge in [0.15, 0.2) is 0 Å². The molecule has 0 unspecified atom stereocenters. The van der Waals surface area contributed by atoms with Gasteiger partial charge in [-0.05, 0) is 0 Å². The highest BCUT2D eigenvalue weighted by Crippen LogP contribution is 2.21. The second kappa shape index (κ2) is 3.49. The van der Waals surface area contributed by atoms with Gasteiger partial charge in [0.2, 0.25) is 0 Å². The molecule has 0 heterocycles. The first-order valence-electron chi connectivity index (χ1n) is 2.41. The maximum atomic E-state index is 12.0. The van der Waals surface area contributed by atoms with E-state index in [1.165, 1.54) is 0 Å². The van der Waals surface area contributed by atoms with Crippen LogP contribution in [0.5, 0.6) is 0 Å². The molecular weight excluding hydrogens is 210 g/mol. The number of amides is 2. The van der Waals surface area contributed by atoms with Crippen LogP contribution in [0.25, 0.3) is 0 Å². The van der Waals surface area contributed by atoms with Crippen molar-refractivity contribution >= 4 is 11.8 Å². The number of hydrogen-bond donors (Lipinski definition) is 0. The second-order valence-electron chi connectivity index (χ2n) is 1.65. The molecule has 0 aromatic rings. The number of alkyl halides is 2. The maximum absolute atomic E-state index is 12.0. The highest BCUT2D eigenvalue weighted by atomic mass is 19.4. The zero-order valence-electron chi connectivity index (χ0n) is 5.48. The van der Waals surface area contributed by atoms with Crippen molar-refractivity contribution in [1.82, 2.24) is 10.7 Å². The molecule has 2 amide bonds. The summed E-state index contributed by atoms with van der Waals surface area (Å²) in [6.45, 7) is 0. The van der Waals surface area contributed by atoms with Crippen molar-refractivity contribution in [3.05, 3.63) is 0 Å². The molecule has 0 aromatic carbocycles. The molecule has 0 spiro atoms. The Morgan fingerprint density at radius 3 is 1.23 bits per heavy atom. The molecule has 0 atom stereocenters. The third-order valence-electron chi connectivity index (χ3n) is 0.844. The van der Waals surface area contributed by atoms with Crippen LogP contribution in [0, 0.1) is 0 Å². The lowest BCUT2D eigenvalue weighted by atomic mass is 10.3. The van der Waals surface area contributed by atoms with Gasteiger partial charge in [-0.15, -0.1) is 0 Å². The fourth-order valence-electron chi connectivity index (χ4n) is 0.304. The third kappa shape index (κ3) is 2.23. The predicted octanol–water partition coefficient (Wildman–Crippen LogP) is 0.817. The van der Waals surface area contributed by atoms with Crippen molar-refractivity contribution in [2.75, 3.05) is 0 Å². The van der Waals surface area contributed by atoms with Crippen LogP contribution < -0.4 is 0 Å². The number of carbonyl (C=O) groups excluding carboxylic acids is 2. The van der Waals surface area contributed by atoms with E-state index in [4.69, 9.17) is 0 Å². The van der Waals surface area contributed by atoms with Crippen LogP contribution in [-0.4, -0.2) is 28.4 Å². The zero-order valence-corrected chi connectivity index (χ0v) is 5.48. The van der Waals surface area contributed by atoms with Gasteiger partial charge in [0.25, 0.3) is 0 Å². The minimum Gasteiger partial charge on any atom is -0.262 e. The van der Waals surface area contributed by atoms with Gasteiger partial charge >= 0.3 is 17.7 Å². The maximum Gasteiger partial charge on any atom is 0.411 e. The lowest BCUT2D eigenvalue weighted by molar-refractivity contribution is -0.232. The average Bonchev–Trinajstić information content (AvgIpc) is 2.01. The molecule has 0 bridgehead atoms. The first-order chi connectivity index (χ1) is 5.71. The van der Waals surface area contributed by atoms with Crippen LogP contribution in [0.3, 0.4) is 0 Å². The molecule has 0 rings (SSSR count). The summed E-state index contributed by atoms with van der Waals surface area (Å²) in [7, 11) is 0. The van der Waals surface area contributed by atoms with Gasteiger partial charge in [0, 0.05) is 10.7 Å². The third-order valence-corrected chi connectivity index (χ3v) is 0.844. The summed E-state index contributed by atoms with van der Waals surface area (Å²) in [5.41, 5.74) is 0. The molecule has 0 saturated heterocycles. The molecule has 0 fully saturated rings. The summed E-state index contributed by atoms with van der Waals surface area (Å²) >= 11 is 0. The Balaban J connectivity index is 4.76. The summed E-state index contributed by atoms with van der Waals surface area (Å²) in [6.07, 6.45) is 0. The lowest BCUT2D eigenvalue weighted by Crippen LogP contribution is -2.46. The number of halogens is 6. The van der Waals surface area contributed by atoms with Crippen LogP contribution in [-0.2, 0) is 9.59 Å². The molecule has 0 saturated carbocycles. The number of carbonyl (C=O) groups is 2. The summed E-state index contributed by atoms with van der Waals surface area (Å²) in [6, 6.07) is 0. The normalized spacial score (nSPS) is 10.9. The van der Waals surface area contributed by atoms with Gasteiger partial charge < -0.3 is 0 Å². The lowest BCUT2D eigenvalue weighted by Gasteiger charge is -2.12. The summed E-state index contributed by atoms with van der Waals surface area (Å²) < 4.78 is 68.5. The Labute approximate surface area is 66.0 Å². The monoisotopic (exact) mass is 210 g/mol. The molecule has 0 aromatic heterocycles. The highest BCUT2D eigenvalue weighted by molar-refractivity contribution is 6.04. The highest BCUT2D eigenvalue weighted by Gasteiger charge is 2.55. The summed E-state index contributed by atoms with van der Waals surface area (Å²) in [5, 5.41) is -5.30. The van der Waals surface area contributed by atoms with Crippen LogP contribution in [0.15, 0.2) is 0 Å². The Bertz CT molecular complexity index is 206. The van der Waals surface area contributed by atoms with Crippen LogP contribution in [0.1, 0.15) is 0 Å². The van der Waals surface area contributed by atoms with Gasteiger partial charge in [-0.25, -0.2) is 0 Å². The van der Waals surface area contributed by atoms with Gasteiger partial charge in [-0.2, -0.15) is 8.78 Å². The van der Waals surface area contributed by atoms with E-state index in [1.54, 1.807) is 0 Å². The zero-order chi connectivity index (χ0) is 10.8. The van der Waals surface area contributed by atoms with E-state index in [1.807, 2.05) is 0 Å². The van der Waals surface area contributed by atoms with Gasteiger partial charge in [0.05, 0.1) is 0 Å². The van der Waals surface area contributed by atoms with Crippen LogP contribution >= 0.6 is 0 Å². The van der Waals surface area contributed by atoms with Crippen molar-refractivity contribution in [2.24, 2.45) is 0 Å². The van der Waals surface area contributed by atoms with Crippen molar-refractivity contribution < 1.29 is 36.3 Å². The minimum atomic E-state index is -5.47. The standard InChI is InChI=1S/C3F6N2O2/c4-3(5,1(12)10(6)7)2(13)11(8)9. The van der Waals surface area contributed by atoms with Crippen molar-refractivity contribution in [2.45, 2.75) is 5.92 Å². The van der Waals surface area contributed by atoms with E-state index >= 15 is 0 Å². The smallest absolute Gasteiger partial charge is 0.262 e. The van der Waals surface area contributed by atoms with E-state index < -0.39 is 28.4 Å². The van der Waals surface area contributed by atoms with Crippen LogP contribution in [0.2, 0.25) is 0 Å². The number of nitrogens with zero attached hydrogens (tertiary/aromatic N) is 2. The van der Waals surface area contributed by atoms with Crippen molar-refractivity contribution in [3.63, 3.8) is 0 Å². The first kappa shape index (κ1) is 11.5. The fourth-order valence-corrected chi connectivity index (χ4v) is 0.304.